The predicted molar refractivity (Wildman–Crippen MR) is 160 cm³/mol. The fourth-order valence-corrected chi connectivity index (χ4v) is 5.82. The Morgan fingerprint density at radius 3 is 2.68 bits per heavy atom. The van der Waals surface area contributed by atoms with Gasteiger partial charge in [0, 0.05) is 61.5 Å². The Labute approximate surface area is 241 Å². The standard InChI is InChI=1S/C32H35N7O2/c1-4-30(40)39-17-16-38(21-24(39)12-14-33)31-26-13-15-37(29-11-7-9-23-8-5-6-10-25(23)29)22-28(26)27(20-34)32(35-31)41-19-18-36(2)3/h4-11,24H,1,12-13,15-19,21-22H2,2-3H3/t24-/m1/s1. The van der Waals surface area contributed by atoms with Gasteiger partial charge in [-0.1, -0.05) is 43.0 Å². The number of carbonyl (C=O) groups excluding carboxylic acids is 1. The fourth-order valence-electron chi connectivity index (χ4n) is 5.82. The maximum Gasteiger partial charge on any atom is 0.246 e. The van der Waals surface area contributed by atoms with Gasteiger partial charge >= 0.3 is 0 Å². The van der Waals surface area contributed by atoms with E-state index in [1.54, 1.807) is 4.90 Å². The minimum Gasteiger partial charge on any atom is -0.475 e. The molecule has 1 fully saturated rings. The average molecular weight is 550 g/mol. The maximum absolute atomic E-state index is 12.5. The number of aromatic nitrogens is 1. The van der Waals surface area contributed by atoms with Crippen molar-refractivity contribution < 1.29 is 9.53 Å². The Morgan fingerprint density at radius 1 is 1.12 bits per heavy atom. The number of pyridine rings is 1. The SMILES string of the molecule is C=CC(=O)N1CCN(c2nc(OCCN(C)C)c(C#N)c3c2CCN(c2cccc4ccccc24)C3)C[C@H]1CC#N. The van der Waals surface area contributed by atoms with Crippen LogP contribution in [0.15, 0.2) is 55.1 Å². The van der Waals surface area contributed by atoms with Crippen molar-refractivity contribution in [2.45, 2.75) is 25.4 Å². The van der Waals surface area contributed by atoms with Gasteiger partial charge in [-0.3, -0.25) is 4.79 Å². The van der Waals surface area contributed by atoms with Gasteiger partial charge in [0.05, 0.1) is 18.5 Å². The summed E-state index contributed by atoms with van der Waals surface area (Å²) in [6.45, 7) is 7.56. The van der Waals surface area contributed by atoms with Crippen LogP contribution in [0.3, 0.4) is 0 Å². The summed E-state index contributed by atoms with van der Waals surface area (Å²) in [6.07, 6.45) is 2.23. The molecule has 0 N–H and O–H groups in total. The second-order valence-corrected chi connectivity index (χ2v) is 10.7. The molecular weight excluding hydrogens is 514 g/mol. The number of fused-ring (bicyclic) bond motifs is 2. The van der Waals surface area contributed by atoms with E-state index in [0.29, 0.717) is 57.2 Å². The van der Waals surface area contributed by atoms with E-state index >= 15 is 0 Å². The molecule has 2 aromatic carbocycles. The Balaban J connectivity index is 1.55. The van der Waals surface area contributed by atoms with E-state index in [1.807, 2.05) is 25.1 Å². The summed E-state index contributed by atoms with van der Waals surface area (Å²) in [5, 5.41) is 22.2. The van der Waals surface area contributed by atoms with Gasteiger partial charge in [-0.15, -0.1) is 0 Å². The number of nitrogens with zero attached hydrogens (tertiary/aromatic N) is 7. The summed E-state index contributed by atoms with van der Waals surface area (Å²) in [6, 6.07) is 19.0. The van der Waals surface area contributed by atoms with E-state index in [2.05, 4.69) is 64.9 Å². The lowest BCUT2D eigenvalue weighted by atomic mass is 9.94. The summed E-state index contributed by atoms with van der Waals surface area (Å²) in [4.78, 5) is 25.7. The molecule has 1 atom stereocenters. The van der Waals surface area contributed by atoms with Crippen LogP contribution in [0.25, 0.3) is 10.8 Å². The lowest BCUT2D eigenvalue weighted by molar-refractivity contribution is -0.128. The molecule has 0 saturated carbocycles. The number of hydrogen-bond acceptors (Lipinski definition) is 8. The van der Waals surface area contributed by atoms with E-state index in [4.69, 9.17) is 9.72 Å². The highest BCUT2D eigenvalue weighted by Crippen LogP contribution is 2.38. The Morgan fingerprint density at radius 2 is 1.93 bits per heavy atom. The van der Waals surface area contributed by atoms with Crippen LogP contribution in [0.5, 0.6) is 5.88 Å². The van der Waals surface area contributed by atoms with Crippen molar-refractivity contribution in [1.82, 2.24) is 14.8 Å². The lowest BCUT2D eigenvalue weighted by Crippen LogP contribution is -2.55. The van der Waals surface area contributed by atoms with Crippen LogP contribution in [0, 0.1) is 22.7 Å². The second kappa shape index (κ2) is 12.3. The zero-order chi connectivity index (χ0) is 28.9. The molecule has 1 aromatic heterocycles. The van der Waals surface area contributed by atoms with Crippen molar-refractivity contribution >= 4 is 28.2 Å². The highest BCUT2D eigenvalue weighted by atomic mass is 16.5. The summed E-state index contributed by atoms with van der Waals surface area (Å²) in [5.41, 5.74) is 3.58. The largest absolute Gasteiger partial charge is 0.475 e. The molecule has 2 aliphatic heterocycles. The molecule has 0 bridgehead atoms. The third kappa shape index (κ3) is 5.68. The number of hydrogen-bond donors (Lipinski definition) is 0. The molecule has 210 valence electrons. The molecule has 1 saturated heterocycles. The normalized spacial score (nSPS) is 16.7. The lowest BCUT2D eigenvalue weighted by Gasteiger charge is -2.42. The number of benzene rings is 2. The van der Waals surface area contributed by atoms with E-state index in [0.717, 1.165) is 29.2 Å². The summed E-state index contributed by atoms with van der Waals surface area (Å²) in [7, 11) is 3.95. The number of carbonyl (C=O) groups is 1. The van der Waals surface area contributed by atoms with Crippen LogP contribution in [0.1, 0.15) is 23.1 Å². The number of nitriles is 2. The van der Waals surface area contributed by atoms with Crippen LogP contribution in [0.2, 0.25) is 0 Å². The van der Waals surface area contributed by atoms with Crippen molar-refractivity contribution in [2.24, 2.45) is 0 Å². The predicted octanol–water partition coefficient (Wildman–Crippen LogP) is 3.73. The van der Waals surface area contributed by atoms with Gasteiger partial charge in [-0.2, -0.15) is 15.5 Å². The van der Waals surface area contributed by atoms with E-state index in [-0.39, 0.29) is 18.4 Å². The van der Waals surface area contributed by atoms with Crippen molar-refractivity contribution in [2.75, 3.05) is 63.2 Å². The first-order valence-electron chi connectivity index (χ1n) is 14.0. The maximum atomic E-state index is 12.5. The molecule has 3 heterocycles. The van der Waals surface area contributed by atoms with Gasteiger partial charge in [-0.25, -0.2) is 0 Å². The van der Waals surface area contributed by atoms with Crippen LogP contribution in [-0.2, 0) is 17.8 Å². The number of likely N-dealkylation sites (N-methyl/N-ethyl adjacent to an activating group) is 1. The van der Waals surface area contributed by atoms with Crippen LogP contribution < -0.4 is 14.5 Å². The molecule has 3 aromatic rings. The summed E-state index contributed by atoms with van der Waals surface area (Å²) >= 11 is 0. The van der Waals surface area contributed by atoms with Crippen molar-refractivity contribution in [3.8, 4) is 18.0 Å². The van der Waals surface area contributed by atoms with E-state index in [1.165, 1.54) is 16.8 Å². The number of rotatable bonds is 8. The zero-order valence-corrected chi connectivity index (χ0v) is 23.7. The molecule has 1 amide bonds. The highest BCUT2D eigenvalue weighted by Gasteiger charge is 2.34. The van der Waals surface area contributed by atoms with Crippen LogP contribution >= 0.6 is 0 Å². The van der Waals surface area contributed by atoms with Crippen molar-refractivity contribution in [3.05, 3.63) is 71.8 Å². The second-order valence-electron chi connectivity index (χ2n) is 10.7. The van der Waals surface area contributed by atoms with Crippen molar-refractivity contribution in [3.63, 3.8) is 0 Å². The molecule has 9 nitrogen and oxygen atoms in total. The fraction of sp³-hybridized carbons (Fsp3) is 0.375. The average Bonchev–Trinajstić information content (AvgIpc) is 2.99. The van der Waals surface area contributed by atoms with Gasteiger partial charge < -0.3 is 24.3 Å². The molecule has 9 heteroatoms. The molecule has 0 unspecified atom stereocenters. The van der Waals surface area contributed by atoms with E-state index in [9.17, 15) is 15.3 Å². The van der Waals surface area contributed by atoms with Gasteiger partial charge in [-0.05, 0) is 38.0 Å². The first kappa shape index (κ1) is 27.9. The first-order chi connectivity index (χ1) is 19.9. The zero-order valence-electron chi connectivity index (χ0n) is 23.7. The molecule has 2 aliphatic rings. The monoisotopic (exact) mass is 549 g/mol. The Kier molecular flexibility index (Phi) is 8.37. The molecular formula is C32H35N7O2. The minimum absolute atomic E-state index is 0.168. The third-order valence-corrected chi connectivity index (χ3v) is 7.90. The number of amides is 1. The number of piperazine rings is 1. The first-order valence-corrected chi connectivity index (χ1v) is 14.0. The highest BCUT2D eigenvalue weighted by molar-refractivity contribution is 5.94. The van der Waals surface area contributed by atoms with Gasteiger partial charge in [0.15, 0.2) is 0 Å². The third-order valence-electron chi connectivity index (χ3n) is 7.90. The molecule has 0 aliphatic carbocycles. The van der Waals surface area contributed by atoms with Gasteiger partial charge in [0.2, 0.25) is 11.8 Å². The molecule has 41 heavy (non-hydrogen) atoms. The Hall–Kier alpha value is -4.60. The number of ether oxygens (including phenoxy) is 1. The van der Waals surface area contributed by atoms with E-state index < -0.39 is 0 Å². The summed E-state index contributed by atoms with van der Waals surface area (Å²) < 4.78 is 6.15. The van der Waals surface area contributed by atoms with Crippen molar-refractivity contribution in [1.29, 1.82) is 10.5 Å². The minimum atomic E-state index is -0.277. The topological polar surface area (TPSA) is 99.7 Å². The number of anilines is 2. The van der Waals surface area contributed by atoms with Gasteiger partial charge in [0.25, 0.3) is 0 Å². The van der Waals surface area contributed by atoms with Crippen LogP contribution in [0.4, 0.5) is 11.5 Å². The van der Waals surface area contributed by atoms with Gasteiger partial charge in [0.1, 0.15) is 24.1 Å². The molecule has 5 rings (SSSR count). The smallest absolute Gasteiger partial charge is 0.246 e. The molecule has 0 radical (unpaired) electrons. The Bertz CT molecular complexity index is 1530. The quantitative estimate of drug-likeness (QED) is 0.392. The van der Waals surface area contributed by atoms with Crippen LogP contribution in [-0.4, -0.2) is 80.2 Å². The molecule has 0 spiro atoms. The summed E-state index contributed by atoms with van der Waals surface area (Å²) in [5.74, 6) is 0.951.